The number of rotatable bonds is 3. The molecule has 0 saturated carbocycles. The minimum absolute atomic E-state index is 0.102. The van der Waals surface area contributed by atoms with Crippen LogP contribution in [0.15, 0.2) is 48.9 Å². The van der Waals surface area contributed by atoms with Gasteiger partial charge in [-0.15, -0.1) is 0 Å². The van der Waals surface area contributed by atoms with Gasteiger partial charge in [0.1, 0.15) is 5.52 Å². The number of anilines is 2. The second-order valence-electron chi connectivity index (χ2n) is 3.96. The van der Waals surface area contributed by atoms with Crippen molar-refractivity contribution in [1.82, 2.24) is 19.9 Å². The molecule has 3 aromatic rings. The summed E-state index contributed by atoms with van der Waals surface area (Å²) in [7, 11) is 0. The van der Waals surface area contributed by atoms with E-state index in [0.29, 0.717) is 17.1 Å². The Morgan fingerprint density at radius 3 is 2.79 bits per heavy atom. The summed E-state index contributed by atoms with van der Waals surface area (Å²) in [5.41, 5.74) is 2.05. The highest BCUT2D eigenvalue weighted by Gasteiger charge is 2.10. The lowest BCUT2D eigenvalue weighted by molar-refractivity contribution is 0.951. The molecule has 3 rings (SSSR count). The van der Waals surface area contributed by atoms with Crippen molar-refractivity contribution in [1.29, 1.82) is 0 Å². The van der Waals surface area contributed by atoms with Crippen LogP contribution in [0.1, 0.15) is 8.29 Å². The Kier molecular flexibility index (Phi) is 2.72. The van der Waals surface area contributed by atoms with E-state index in [0.717, 1.165) is 12.2 Å². The van der Waals surface area contributed by atoms with Crippen molar-refractivity contribution < 1.29 is 1.37 Å². The summed E-state index contributed by atoms with van der Waals surface area (Å²) in [6, 6.07) is 9.92. The molecular weight excluding hydrogens is 238 g/mol. The van der Waals surface area contributed by atoms with Crippen LogP contribution in [0.25, 0.3) is 11.2 Å². The van der Waals surface area contributed by atoms with Gasteiger partial charge in [0.05, 0.1) is 7.57 Å². The van der Waals surface area contributed by atoms with Gasteiger partial charge in [0, 0.05) is 24.6 Å². The molecule has 2 aromatic heterocycles. The van der Waals surface area contributed by atoms with Crippen LogP contribution in [0.5, 0.6) is 0 Å². The number of hydrogen-bond acceptors (Lipinski definition) is 5. The third kappa shape index (κ3) is 2.22. The molecule has 0 fully saturated rings. The Balaban J connectivity index is 2.08. The molecule has 0 spiro atoms. The molecule has 0 atom stereocenters. The van der Waals surface area contributed by atoms with Gasteiger partial charge in [0.25, 0.3) is 0 Å². The number of nitrogens with zero attached hydrogens (tertiary/aromatic N) is 5. The Morgan fingerprint density at radius 2 is 2.00 bits per heavy atom. The van der Waals surface area contributed by atoms with Crippen molar-refractivity contribution in [2.24, 2.45) is 0 Å². The van der Waals surface area contributed by atoms with E-state index in [-0.39, 0.29) is 6.17 Å². The number of hydrogen-bond donors (Lipinski definition) is 0. The minimum Gasteiger partial charge on any atom is -0.311 e. The van der Waals surface area contributed by atoms with Crippen LogP contribution in [0.4, 0.5) is 11.6 Å². The van der Waals surface area contributed by atoms with Gasteiger partial charge in [0.15, 0.2) is 5.65 Å². The Morgan fingerprint density at radius 1 is 1.16 bits per heavy atom. The van der Waals surface area contributed by atoms with Crippen LogP contribution >= 0.6 is 0 Å². The third-order valence-electron chi connectivity index (χ3n) is 2.79. The summed E-state index contributed by atoms with van der Waals surface area (Å²) in [5.74, 6) is 0.561. The highest BCUT2D eigenvalue weighted by molar-refractivity contribution is 5.70. The zero-order chi connectivity index (χ0) is 13.9. The van der Waals surface area contributed by atoms with Crippen molar-refractivity contribution in [3.63, 3.8) is 0 Å². The second-order valence-corrected chi connectivity index (χ2v) is 3.96. The molecule has 0 unspecified atom stereocenters. The molecule has 0 aliphatic rings. The van der Waals surface area contributed by atoms with E-state index >= 15 is 0 Å². The lowest BCUT2D eigenvalue weighted by atomic mass is 10.3. The summed E-state index contributed by atoms with van der Waals surface area (Å²) < 4.78 is 7.52. The van der Waals surface area contributed by atoms with E-state index in [1.807, 2.05) is 42.2 Å². The summed E-state index contributed by atoms with van der Waals surface area (Å²) in [6.07, 6.45) is 3.13. The Hall–Kier alpha value is -2.56. The first-order valence-electron chi connectivity index (χ1n) is 6.57. The largest absolute Gasteiger partial charge is 0.311 e. The average Bonchev–Trinajstić information content (AvgIpc) is 2.49. The smallest absolute Gasteiger partial charge is 0.232 e. The lowest BCUT2D eigenvalue weighted by Gasteiger charge is -2.20. The first kappa shape index (κ1) is 10.4. The van der Waals surface area contributed by atoms with Gasteiger partial charge in [-0.05, 0) is 19.1 Å². The van der Waals surface area contributed by atoms with Gasteiger partial charge in [-0.2, -0.15) is 4.98 Å². The quantitative estimate of drug-likeness (QED) is 0.717. The van der Waals surface area contributed by atoms with Crippen LogP contribution < -0.4 is 4.90 Å². The second kappa shape index (κ2) is 4.97. The fourth-order valence-corrected chi connectivity index (χ4v) is 1.90. The molecular formula is C14H13N5. The van der Waals surface area contributed by atoms with Crippen LogP contribution in [0, 0.1) is 0 Å². The van der Waals surface area contributed by atoms with Crippen molar-refractivity contribution in [3.05, 3.63) is 48.9 Å². The normalized spacial score (nSPS) is 11.3. The molecule has 0 amide bonds. The van der Waals surface area contributed by atoms with Gasteiger partial charge < -0.3 is 4.90 Å². The molecule has 5 nitrogen and oxygen atoms in total. The molecule has 0 bridgehead atoms. The van der Waals surface area contributed by atoms with E-state index in [2.05, 4.69) is 19.9 Å². The van der Waals surface area contributed by atoms with E-state index in [1.54, 1.807) is 6.20 Å². The van der Waals surface area contributed by atoms with Gasteiger partial charge >= 0.3 is 0 Å². The predicted octanol–water partition coefficient (Wildman–Crippen LogP) is 2.58. The highest BCUT2D eigenvalue weighted by Crippen LogP contribution is 2.21. The van der Waals surface area contributed by atoms with Gasteiger partial charge in [0.2, 0.25) is 5.95 Å². The number of para-hydroxylation sites is 1. The molecule has 1 aromatic carbocycles. The van der Waals surface area contributed by atoms with Crippen molar-refractivity contribution in [2.75, 3.05) is 11.4 Å². The molecule has 0 saturated heterocycles. The lowest BCUT2D eigenvalue weighted by Crippen LogP contribution is -2.18. The molecule has 5 heteroatoms. The number of fused-ring (bicyclic) bond motifs is 1. The fraction of sp³-hybridized carbons (Fsp3) is 0.143. The summed E-state index contributed by atoms with van der Waals surface area (Å²) in [5, 5.41) is 0. The molecule has 0 aliphatic heterocycles. The fourth-order valence-electron chi connectivity index (χ4n) is 1.90. The van der Waals surface area contributed by atoms with Crippen molar-refractivity contribution in [2.45, 2.75) is 6.92 Å². The van der Waals surface area contributed by atoms with Crippen LogP contribution in [0.2, 0.25) is 0 Å². The van der Waals surface area contributed by atoms with Crippen LogP contribution in [0.3, 0.4) is 0 Å². The van der Waals surface area contributed by atoms with Gasteiger partial charge in [-0.25, -0.2) is 15.0 Å². The first-order chi connectivity index (χ1) is 9.78. The molecule has 2 heterocycles. The zero-order valence-electron chi connectivity index (χ0n) is 11.5. The average molecular weight is 252 g/mol. The molecule has 0 N–H and O–H groups in total. The third-order valence-corrected chi connectivity index (χ3v) is 2.79. The molecule has 19 heavy (non-hydrogen) atoms. The molecule has 0 radical (unpaired) electrons. The van der Waals surface area contributed by atoms with E-state index in [4.69, 9.17) is 1.37 Å². The van der Waals surface area contributed by atoms with E-state index < -0.39 is 0 Å². The van der Waals surface area contributed by atoms with Crippen molar-refractivity contribution >= 4 is 22.8 Å². The summed E-state index contributed by atoms with van der Waals surface area (Å²) in [4.78, 5) is 18.9. The van der Waals surface area contributed by atoms with E-state index in [9.17, 15) is 0 Å². The van der Waals surface area contributed by atoms with E-state index in [1.165, 1.54) is 6.20 Å². The highest BCUT2D eigenvalue weighted by atomic mass is 15.3. The maximum absolute atomic E-state index is 7.52. The first-order valence-corrected chi connectivity index (χ1v) is 6.07. The zero-order valence-corrected chi connectivity index (χ0v) is 10.5. The van der Waals surface area contributed by atoms with Gasteiger partial charge in [-0.1, -0.05) is 18.2 Å². The monoisotopic (exact) mass is 252 g/mol. The predicted molar refractivity (Wildman–Crippen MR) is 74.3 cm³/mol. The summed E-state index contributed by atoms with van der Waals surface area (Å²) >= 11 is 0. The Bertz CT molecular complexity index is 732. The number of aromatic nitrogens is 4. The number of benzene rings is 1. The van der Waals surface area contributed by atoms with Gasteiger partial charge in [-0.3, -0.25) is 0 Å². The standard InChI is InChI=1S/C14H13N5/c1-2-19(11-6-4-3-5-7-11)14-17-10-12-13(18-14)16-9-8-15-12/h3-10H,2H2,1H3/i9D. The molecule has 94 valence electrons. The topological polar surface area (TPSA) is 54.8 Å². The Labute approximate surface area is 112 Å². The van der Waals surface area contributed by atoms with Crippen molar-refractivity contribution in [3.8, 4) is 0 Å². The maximum Gasteiger partial charge on any atom is 0.232 e. The maximum atomic E-state index is 7.52. The SMILES string of the molecule is [2H]c1cnc2cnc(N(CC)c3ccccc3)nc2n1. The van der Waals surface area contributed by atoms with Crippen LogP contribution in [-0.2, 0) is 0 Å². The van der Waals surface area contributed by atoms with Crippen LogP contribution in [-0.4, -0.2) is 26.5 Å². The summed E-state index contributed by atoms with van der Waals surface area (Å²) in [6.45, 7) is 2.77. The molecule has 0 aliphatic carbocycles. The minimum atomic E-state index is 0.102.